The predicted octanol–water partition coefficient (Wildman–Crippen LogP) is 4.68. The van der Waals surface area contributed by atoms with Gasteiger partial charge in [0.15, 0.2) is 0 Å². The zero-order valence-corrected chi connectivity index (χ0v) is 13.3. The molecule has 0 saturated carbocycles. The number of ether oxygens (including phenoxy) is 1. The lowest BCUT2D eigenvalue weighted by atomic mass is 9.74. The second-order valence-corrected chi connectivity index (χ2v) is 5.87. The molecular weight excluding hydrogens is 272 g/mol. The van der Waals surface area contributed by atoms with Crippen LogP contribution in [-0.4, -0.2) is 13.1 Å². The molecule has 2 heteroatoms. The first-order chi connectivity index (χ1) is 10.6. The Morgan fingerprint density at radius 1 is 1.00 bits per heavy atom. The Morgan fingerprint density at radius 3 is 2.09 bits per heavy atom. The Balaban J connectivity index is 2.38. The molecular formula is C20H22O2. The smallest absolute Gasteiger partial charge is 0.312 e. The Bertz CT molecular complexity index is 627. The number of esters is 1. The molecule has 22 heavy (non-hydrogen) atoms. The van der Waals surface area contributed by atoms with Crippen molar-refractivity contribution in [3.05, 3.63) is 77.9 Å². The molecule has 0 aliphatic heterocycles. The summed E-state index contributed by atoms with van der Waals surface area (Å²) in [6, 6.07) is 20.1. The number of carbonyl (C=O) groups is 1. The van der Waals surface area contributed by atoms with Crippen molar-refractivity contribution in [2.75, 3.05) is 7.11 Å². The number of benzene rings is 2. The lowest BCUT2D eigenvalue weighted by Crippen LogP contribution is -2.31. The van der Waals surface area contributed by atoms with E-state index in [0.29, 0.717) is 0 Å². The molecule has 0 N–H and O–H groups in total. The topological polar surface area (TPSA) is 26.3 Å². The molecule has 0 aromatic heterocycles. The van der Waals surface area contributed by atoms with E-state index < -0.39 is 5.41 Å². The molecule has 0 aliphatic rings. The van der Waals surface area contributed by atoms with Crippen molar-refractivity contribution in [1.82, 2.24) is 0 Å². The lowest BCUT2D eigenvalue weighted by Gasteiger charge is -2.30. The number of hydrogen-bond acceptors (Lipinski definition) is 2. The zero-order valence-electron chi connectivity index (χ0n) is 13.3. The summed E-state index contributed by atoms with van der Waals surface area (Å²) in [6.07, 6.45) is 4.14. The van der Waals surface area contributed by atoms with E-state index in [1.54, 1.807) is 0 Å². The minimum Gasteiger partial charge on any atom is -0.469 e. The summed E-state index contributed by atoms with van der Waals surface area (Å²) in [7, 11) is 1.44. The molecule has 0 aliphatic carbocycles. The summed E-state index contributed by atoms with van der Waals surface area (Å²) < 4.78 is 5.00. The summed E-state index contributed by atoms with van der Waals surface area (Å²) in [5.74, 6) is -0.263. The highest BCUT2D eigenvalue weighted by atomic mass is 16.5. The number of hydrogen-bond donors (Lipinski definition) is 0. The molecule has 0 radical (unpaired) electrons. The fourth-order valence-electron chi connectivity index (χ4n) is 2.59. The first kappa shape index (κ1) is 16.0. The average molecular weight is 294 g/mol. The van der Waals surface area contributed by atoms with Crippen molar-refractivity contribution < 1.29 is 9.53 Å². The summed E-state index contributed by atoms with van der Waals surface area (Å²) in [4.78, 5) is 12.2. The van der Waals surface area contributed by atoms with Gasteiger partial charge in [0.1, 0.15) is 0 Å². The first-order valence-corrected chi connectivity index (χ1v) is 7.42. The Hall–Kier alpha value is -2.35. The summed E-state index contributed by atoms with van der Waals surface area (Å²) in [5, 5.41) is 0. The van der Waals surface area contributed by atoms with E-state index in [9.17, 15) is 4.79 Å². The predicted molar refractivity (Wildman–Crippen MR) is 90.5 cm³/mol. The van der Waals surface area contributed by atoms with Crippen LogP contribution in [-0.2, 0) is 9.53 Å². The van der Waals surface area contributed by atoms with Gasteiger partial charge in [0.25, 0.3) is 0 Å². The van der Waals surface area contributed by atoms with E-state index in [1.165, 1.54) is 7.11 Å². The van der Waals surface area contributed by atoms with Crippen LogP contribution in [0.3, 0.4) is 0 Å². The molecule has 2 nitrogen and oxygen atoms in total. The van der Waals surface area contributed by atoms with Crippen molar-refractivity contribution in [3.63, 3.8) is 0 Å². The number of allylic oxidation sites excluding steroid dienone is 1. The van der Waals surface area contributed by atoms with Gasteiger partial charge in [-0.15, -0.1) is 0 Å². The van der Waals surface area contributed by atoms with Crippen LogP contribution in [0.2, 0.25) is 0 Å². The van der Waals surface area contributed by atoms with Gasteiger partial charge in [0.2, 0.25) is 0 Å². The van der Waals surface area contributed by atoms with Gasteiger partial charge >= 0.3 is 5.97 Å². The summed E-state index contributed by atoms with van der Waals surface area (Å²) in [5.41, 5.74) is 1.58. The van der Waals surface area contributed by atoms with Crippen LogP contribution in [0.1, 0.15) is 30.9 Å². The molecule has 0 spiro atoms. The van der Waals surface area contributed by atoms with Gasteiger partial charge in [0.05, 0.1) is 12.5 Å². The zero-order chi connectivity index (χ0) is 16.0. The molecule has 0 bridgehead atoms. The normalized spacial score (nSPS) is 13.0. The van der Waals surface area contributed by atoms with Gasteiger partial charge in [-0.25, -0.2) is 0 Å². The molecule has 2 rings (SSSR count). The van der Waals surface area contributed by atoms with E-state index in [2.05, 4.69) is 12.2 Å². The summed E-state index contributed by atoms with van der Waals surface area (Å²) >= 11 is 0. The second kappa shape index (κ2) is 7.08. The summed E-state index contributed by atoms with van der Waals surface area (Å²) in [6.45, 7) is 3.84. The largest absolute Gasteiger partial charge is 0.469 e. The average Bonchev–Trinajstić information content (AvgIpc) is 2.56. The van der Waals surface area contributed by atoms with E-state index in [-0.39, 0.29) is 11.9 Å². The fourth-order valence-corrected chi connectivity index (χ4v) is 2.59. The van der Waals surface area contributed by atoms with Crippen LogP contribution in [0.5, 0.6) is 0 Å². The van der Waals surface area contributed by atoms with Crippen molar-refractivity contribution in [2.24, 2.45) is 5.41 Å². The quantitative estimate of drug-likeness (QED) is 0.748. The third kappa shape index (κ3) is 3.64. The van der Waals surface area contributed by atoms with Crippen molar-refractivity contribution >= 4 is 12.0 Å². The Morgan fingerprint density at radius 2 is 1.55 bits per heavy atom. The van der Waals surface area contributed by atoms with Gasteiger partial charge in [-0.2, -0.15) is 0 Å². The van der Waals surface area contributed by atoms with E-state index >= 15 is 0 Å². The maximum atomic E-state index is 12.2. The highest BCUT2D eigenvalue weighted by Gasteiger charge is 2.37. The van der Waals surface area contributed by atoms with Crippen LogP contribution in [0.15, 0.2) is 66.7 Å². The van der Waals surface area contributed by atoms with Gasteiger partial charge in [-0.1, -0.05) is 72.8 Å². The molecule has 0 amide bonds. The number of rotatable bonds is 5. The van der Waals surface area contributed by atoms with Crippen molar-refractivity contribution in [3.8, 4) is 0 Å². The van der Waals surface area contributed by atoms with E-state index in [1.807, 2.05) is 74.5 Å². The molecule has 1 atom stereocenters. The second-order valence-electron chi connectivity index (χ2n) is 5.87. The van der Waals surface area contributed by atoms with Gasteiger partial charge < -0.3 is 4.74 Å². The molecule has 0 heterocycles. The third-order valence-corrected chi connectivity index (χ3v) is 3.93. The molecule has 0 unspecified atom stereocenters. The first-order valence-electron chi connectivity index (χ1n) is 7.42. The molecule has 2 aromatic carbocycles. The molecule has 0 fully saturated rings. The highest BCUT2D eigenvalue weighted by Crippen LogP contribution is 2.38. The minimum absolute atomic E-state index is 0.0543. The van der Waals surface area contributed by atoms with Crippen LogP contribution < -0.4 is 0 Å². The minimum atomic E-state index is -0.638. The van der Waals surface area contributed by atoms with Crippen LogP contribution in [0, 0.1) is 5.41 Å². The van der Waals surface area contributed by atoms with Crippen LogP contribution in [0.4, 0.5) is 0 Å². The lowest BCUT2D eigenvalue weighted by molar-refractivity contribution is -0.151. The standard InChI is InChI=1S/C20H22O2/c1-20(2,19(21)22-3)18(17-12-8-5-9-13-17)15-14-16-10-6-4-7-11-16/h4-15,18H,1-3H3/b15-14+/t18-/m0/s1. The van der Waals surface area contributed by atoms with E-state index in [0.717, 1.165) is 11.1 Å². The molecule has 0 saturated heterocycles. The van der Waals surface area contributed by atoms with Crippen molar-refractivity contribution in [1.29, 1.82) is 0 Å². The third-order valence-electron chi connectivity index (χ3n) is 3.93. The number of carbonyl (C=O) groups excluding carboxylic acids is 1. The molecule has 114 valence electrons. The number of methoxy groups -OCH3 is 1. The molecule has 2 aromatic rings. The Labute approximate surface area is 132 Å². The van der Waals surface area contributed by atoms with Crippen LogP contribution >= 0.6 is 0 Å². The maximum absolute atomic E-state index is 12.2. The van der Waals surface area contributed by atoms with Crippen LogP contribution in [0.25, 0.3) is 6.08 Å². The van der Waals surface area contributed by atoms with Gasteiger partial charge in [-0.05, 0) is 25.0 Å². The van der Waals surface area contributed by atoms with Gasteiger partial charge in [-0.3, -0.25) is 4.79 Å². The van der Waals surface area contributed by atoms with E-state index in [4.69, 9.17) is 4.74 Å². The Kier molecular flexibility index (Phi) is 5.16. The maximum Gasteiger partial charge on any atom is 0.312 e. The van der Waals surface area contributed by atoms with Gasteiger partial charge in [0, 0.05) is 5.92 Å². The SMILES string of the molecule is COC(=O)C(C)(C)[C@@H](/C=C/c1ccccc1)c1ccccc1. The van der Waals surface area contributed by atoms with Crippen molar-refractivity contribution in [2.45, 2.75) is 19.8 Å². The fraction of sp³-hybridized carbons (Fsp3) is 0.250. The monoisotopic (exact) mass is 294 g/mol. The highest BCUT2D eigenvalue weighted by molar-refractivity contribution is 5.78.